The first kappa shape index (κ1) is 24.1. The average molecular weight is 489 g/mol. The van der Waals surface area contributed by atoms with Gasteiger partial charge in [0.1, 0.15) is 5.82 Å². The number of carbonyl (C=O) groups is 1. The van der Waals surface area contributed by atoms with E-state index in [-0.39, 0.29) is 17.9 Å². The zero-order valence-electron chi connectivity index (χ0n) is 19.6. The van der Waals surface area contributed by atoms with E-state index in [4.69, 9.17) is 4.74 Å². The van der Waals surface area contributed by atoms with E-state index in [0.29, 0.717) is 44.8 Å². The number of hydrogen-bond acceptors (Lipinski definition) is 5. The van der Waals surface area contributed by atoms with Crippen molar-refractivity contribution >= 4 is 23.1 Å². The van der Waals surface area contributed by atoms with E-state index in [1.54, 1.807) is 6.20 Å². The fraction of sp³-hybridized carbons (Fsp3) is 0.538. The van der Waals surface area contributed by atoms with Crippen molar-refractivity contribution in [1.82, 2.24) is 10.3 Å². The van der Waals surface area contributed by atoms with Gasteiger partial charge in [-0.15, -0.1) is 0 Å². The summed E-state index contributed by atoms with van der Waals surface area (Å²) in [6, 6.07) is 9.83. The highest BCUT2D eigenvalue weighted by Crippen LogP contribution is 2.40. The molecule has 2 fully saturated rings. The van der Waals surface area contributed by atoms with E-state index < -0.39 is 12.7 Å². The molecule has 1 saturated heterocycles. The number of amides is 1. The number of ether oxygens (including phenoxy) is 1. The van der Waals surface area contributed by atoms with Gasteiger partial charge in [-0.05, 0) is 62.3 Å². The second-order valence-electron chi connectivity index (χ2n) is 9.80. The molecule has 3 aliphatic rings. The predicted octanol–water partition coefficient (Wildman–Crippen LogP) is 5.28. The van der Waals surface area contributed by atoms with Gasteiger partial charge >= 0.3 is 6.18 Å². The van der Waals surface area contributed by atoms with Gasteiger partial charge in [0.25, 0.3) is 0 Å². The van der Waals surface area contributed by atoms with Gasteiger partial charge in [-0.3, -0.25) is 4.79 Å². The van der Waals surface area contributed by atoms with E-state index in [9.17, 15) is 18.0 Å². The molecule has 1 amide bonds. The van der Waals surface area contributed by atoms with Gasteiger partial charge in [0.15, 0.2) is 0 Å². The standard InChI is InChI=1S/C26H31F3N4O2/c27-26(28,29)16-31-21-8-5-17(6-9-21)25(34)33-14-19-3-1-11-30-24(19)32-22-10-7-18(13-23(22)33)20-4-2-12-35-15-20/h1,3,7,10-11,13,17,20-21,31H,2,4-6,8-9,12,14-16H2,(H,30,32)/t17-,20-,21+/m0/s1. The highest BCUT2D eigenvalue weighted by atomic mass is 19.4. The van der Waals surface area contributed by atoms with Crippen LogP contribution in [0.25, 0.3) is 0 Å². The number of aromatic nitrogens is 1. The third-order valence-corrected chi connectivity index (χ3v) is 7.35. The lowest BCUT2D eigenvalue weighted by Gasteiger charge is -2.33. The van der Waals surface area contributed by atoms with Crippen molar-refractivity contribution in [2.45, 2.75) is 63.2 Å². The number of fused-ring (bicyclic) bond motifs is 2. The molecular formula is C26H31F3N4O2. The molecule has 0 bridgehead atoms. The van der Waals surface area contributed by atoms with Crippen molar-refractivity contribution in [2.75, 3.05) is 30.0 Å². The third-order valence-electron chi connectivity index (χ3n) is 7.35. The molecule has 1 saturated carbocycles. The number of hydrogen-bond donors (Lipinski definition) is 2. The Hall–Kier alpha value is -2.65. The van der Waals surface area contributed by atoms with Crippen LogP contribution in [-0.2, 0) is 16.1 Å². The summed E-state index contributed by atoms with van der Waals surface area (Å²) in [6.45, 7) is 0.879. The second kappa shape index (κ2) is 10.1. The molecule has 1 aromatic carbocycles. The molecule has 9 heteroatoms. The smallest absolute Gasteiger partial charge is 0.381 e. The quantitative estimate of drug-likeness (QED) is 0.613. The number of pyridine rings is 1. The first-order valence-electron chi connectivity index (χ1n) is 12.4. The van der Waals surface area contributed by atoms with Gasteiger partial charge in [0.05, 0.1) is 31.1 Å². The molecule has 0 spiro atoms. The molecule has 0 unspecified atom stereocenters. The van der Waals surface area contributed by atoms with Crippen LogP contribution in [0.2, 0.25) is 0 Å². The van der Waals surface area contributed by atoms with Crippen molar-refractivity contribution in [3.63, 3.8) is 0 Å². The molecule has 5 rings (SSSR count). The third kappa shape index (κ3) is 5.62. The van der Waals surface area contributed by atoms with Gasteiger partial charge in [0.2, 0.25) is 5.91 Å². The Kier molecular flexibility index (Phi) is 6.98. The SMILES string of the molecule is O=C([C@H]1CC[C@@H](NCC(F)(F)F)CC1)N1Cc2cccnc2Nc2ccc([C@H]3CCCOC3)cc21. The van der Waals surface area contributed by atoms with E-state index >= 15 is 0 Å². The monoisotopic (exact) mass is 488 g/mol. The van der Waals surface area contributed by atoms with E-state index in [2.05, 4.69) is 27.8 Å². The van der Waals surface area contributed by atoms with E-state index in [1.165, 1.54) is 0 Å². The second-order valence-corrected chi connectivity index (χ2v) is 9.80. The van der Waals surface area contributed by atoms with Crippen LogP contribution in [0, 0.1) is 5.92 Å². The summed E-state index contributed by atoms with van der Waals surface area (Å²) in [6.07, 6.45) is 1.84. The Labute approximate surface area is 203 Å². The molecule has 0 radical (unpaired) electrons. The number of alkyl halides is 3. The highest BCUT2D eigenvalue weighted by Gasteiger charge is 2.35. The molecular weight excluding hydrogens is 457 g/mol. The minimum atomic E-state index is -4.22. The number of carbonyl (C=O) groups excluding carboxylic acids is 1. The highest BCUT2D eigenvalue weighted by molar-refractivity contribution is 5.99. The molecule has 3 heterocycles. The molecule has 2 aromatic rings. The molecule has 1 atom stereocenters. The molecule has 1 aromatic heterocycles. The lowest BCUT2D eigenvalue weighted by molar-refractivity contribution is -0.128. The van der Waals surface area contributed by atoms with Crippen LogP contribution in [0.4, 0.5) is 30.4 Å². The average Bonchev–Trinajstić information content (AvgIpc) is 3.04. The zero-order valence-corrected chi connectivity index (χ0v) is 19.6. The Bertz CT molecular complexity index is 1050. The van der Waals surface area contributed by atoms with Crippen molar-refractivity contribution < 1.29 is 22.7 Å². The number of benzene rings is 1. The Balaban J connectivity index is 1.38. The predicted molar refractivity (Wildman–Crippen MR) is 128 cm³/mol. The molecule has 6 nitrogen and oxygen atoms in total. The summed E-state index contributed by atoms with van der Waals surface area (Å²) in [5, 5.41) is 6.01. The number of rotatable bonds is 4. The maximum Gasteiger partial charge on any atom is 0.401 e. The number of nitrogens with one attached hydrogen (secondary N) is 2. The van der Waals surface area contributed by atoms with Gasteiger partial charge in [-0.2, -0.15) is 13.2 Å². The van der Waals surface area contributed by atoms with Gasteiger partial charge in [-0.25, -0.2) is 4.98 Å². The fourth-order valence-corrected chi connectivity index (χ4v) is 5.42. The maximum absolute atomic E-state index is 13.8. The van der Waals surface area contributed by atoms with Crippen molar-refractivity contribution in [2.24, 2.45) is 5.92 Å². The Morgan fingerprint density at radius 1 is 1.17 bits per heavy atom. The van der Waals surface area contributed by atoms with Crippen molar-refractivity contribution in [3.05, 3.63) is 47.7 Å². The first-order valence-corrected chi connectivity index (χ1v) is 12.4. The summed E-state index contributed by atoms with van der Waals surface area (Å²) in [7, 11) is 0. The van der Waals surface area contributed by atoms with E-state index in [0.717, 1.165) is 47.8 Å². The van der Waals surface area contributed by atoms with Crippen LogP contribution in [0.1, 0.15) is 55.6 Å². The summed E-state index contributed by atoms with van der Waals surface area (Å²) in [5.41, 5.74) is 3.74. The first-order chi connectivity index (χ1) is 16.9. The van der Waals surface area contributed by atoms with Crippen LogP contribution in [-0.4, -0.2) is 42.9 Å². The molecule has 35 heavy (non-hydrogen) atoms. The summed E-state index contributed by atoms with van der Waals surface area (Å²) >= 11 is 0. The Morgan fingerprint density at radius 2 is 2.00 bits per heavy atom. The zero-order chi connectivity index (χ0) is 24.4. The lowest BCUT2D eigenvalue weighted by Crippen LogP contribution is -2.42. The Morgan fingerprint density at radius 3 is 2.74 bits per heavy atom. The molecule has 2 N–H and O–H groups in total. The van der Waals surface area contributed by atoms with Gasteiger partial charge in [0, 0.05) is 36.2 Å². The molecule has 2 aliphatic heterocycles. The van der Waals surface area contributed by atoms with Crippen LogP contribution < -0.4 is 15.5 Å². The minimum Gasteiger partial charge on any atom is -0.381 e. The van der Waals surface area contributed by atoms with Crippen LogP contribution >= 0.6 is 0 Å². The minimum absolute atomic E-state index is 0.0241. The fourth-order valence-electron chi connectivity index (χ4n) is 5.42. The van der Waals surface area contributed by atoms with E-state index in [1.807, 2.05) is 23.1 Å². The number of nitrogens with zero attached hydrogens (tertiary/aromatic N) is 2. The van der Waals surface area contributed by atoms with Crippen molar-refractivity contribution in [1.29, 1.82) is 0 Å². The largest absolute Gasteiger partial charge is 0.401 e. The topological polar surface area (TPSA) is 66.5 Å². The molecule has 1 aliphatic carbocycles. The normalized spacial score (nSPS) is 24.7. The lowest BCUT2D eigenvalue weighted by atomic mass is 9.84. The van der Waals surface area contributed by atoms with Crippen molar-refractivity contribution in [3.8, 4) is 0 Å². The number of anilines is 3. The molecule has 188 valence electrons. The summed E-state index contributed by atoms with van der Waals surface area (Å²) in [4.78, 5) is 20.2. The van der Waals surface area contributed by atoms with Gasteiger partial charge in [-0.1, -0.05) is 12.1 Å². The maximum atomic E-state index is 13.8. The van der Waals surface area contributed by atoms with Gasteiger partial charge < -0.3 is 20.3 Å². The van der Waals surface area contributed by atoms with Crippen LogP contribution in [0.15, 0.2) is 36.5 Å². The van der Waals surface area contributed by atoms with Crippen LogP contribution in [0.3, 0.4) is 0 Å². The number of halogens is 3. The summed E-state index contributed by atoms with van der Waals surface area (Å²) < 4.78 is 43.4. The summed E-state index contributed by atoms with van der Waals surface area (Å²) in [5.74, 6) is 0.838. The van der Waals surface area contributed by atoms with Crippen LogP contribution in [0.5, 0.6) is 0 Å².